The number of hydrogen-bond acceptors (Lipinski definition) is 6. The van der Waals surface area contributed by atoms with E-state index in [4.69, 9.17) is 16.3 Å². The number of carbonyl (C=O) groups excluding carboxylic acids is 1. The average Bonchev–Trinajstić information content (AvgIpc) is 3.24. The predicted molar refractivity (Wildman–Crippen MR) is 103 cm³/mol. The highest BCUT2D eigenvalue weighted by Gasteiger charge is 2.23. The summed E-state index contributed by atoms with van der Waals surface area (Å²) >= 11 is 7.55. The molecule has 0 saturated carbocycles. The smallest absolute Gasteiger partial charge is 0.223 e. The standard InChI is InChI=1S/C17H13ClFN5O2S/c1-3-26-15-13(19)12(18)11(8-6-20-24-14(8)15)9-4-5-10-16(22-9)27-17(23-10)21-7(2)25/h4-6H,3H2,1-2H3,(H,20,24)(H,21,23,25). The zero-order chi connectivity index (χ0) is 19.1. The third-order valence-electron chi connectivity index (χ3n) is 3.83. The molecule has 4 rings (SSSR count). The SMILES string of the molecule is CCOc1c(F)c(Cl)c(-c2ccc3nc(NC(C)=O)sc3n2)c2cn[nH]c12. The lowest BCUT2D eigenvalue weighted by Crippen LogP contribution is -2.04. The van der Waals surface area contributed by atoms with Gasteiger partial charge in [0.2, 0.25) is 5.91 Å². The van der Waals surface area contributed by atoms with Crippen LogP contribution in [0, 0.1) is 5.82 Å². The number of aromatic nitrogens is 4. The third kappa shape index (κ3) is 2.98. The van der Waals surface area contributed by atoms with Gasteiger partial charge >= 0.3 is 0 Å². The van der Waals surface area contributed by atoms with Crippen LogP contribution < -0.4 is 10.1 Å². The van der Waals surface area contributed by atoms with Crippen molar-refractivity contribution in [2.75, 3.05) is 11.9 Å². The summed E-state index contributed by atoms with van der Waals surface area (Å²) in [6.07, 6.45) is 1.56. The van der Waals surface area contributed by atoms with Crippen LogP contribution in [0.1, 0.15) is 13.8 Å². The monoisotopic (exact) mass is 405 g/mol. The highest BCUT2D eigenvalue weighted by molar-refractivity contribution is 7.22. The first-order valence-electron chi connectivity index (χ1n) is 8.02. The van der Waals surface area contributed by atoms with E-state index < -0.39 is 5.82 Å². The first-order valence-corrected chi connectivity index (χ1v) is 9.21. The van der Waals surface area contributed by atoms with E-state index in [1.54, 1.807) is 25.3 Å². The summed E-state index contributed by atoms with van der Waals surface area (Å²) < 4.78 is 20.2. The number of ether oxygens (including phenoxy) is 1. The molecule has 27 heavy (non-hydrogen) atoms. The molecule has 0 fully saturated rings. The summed E-state index contributed by atoms with van der Waals surface area (Å²) in [6.45, 7) is 3.45. The maximum atomic E-state index is 14.8. The van der Waals surface area contributed by atoms with E-state index in [-0.39, 0.29) is 23.3 Å². The molecule has 0 bridgehead atoms. The molecule has 3 heterocycles. The Labute approximate surface area is 161 Å². The lowest BCUT2D eigenvalue weighted by Gasteiger charge is -2.12. The molecule has 0 spiro atoms. The third-order valence-corrected chi connectivity index (χ3v) is 5.07. The number of fused-ring (bicyclic) bond motifs is 2. The van der Waals surface area contributed by atoms with E-state index in [1.165, 1.54) is 18.3 Å². The number of rotatable bonds is 4. The second kappa shape index (κ2) is 6.75. The molecule has 1 aromatic carbocycles. The van der Waals surface area contributed by atoms with Gasteiger partial charge in [-0.2, -0.15) is 5.10 Å². The lowest BCUT2D eigenvalue weighted by molar-refractivity contribution is -0.114. The normalized spacial score (nSPS) is 11.3. The molecule has 0 aliphatic heterocycles. The summed E-state index contributed by atoms with van der Waals surface area (Å²) in [5, 5.41) is 10.3. The molecule has 0 aliphatic carbocycles. The molecule has 0 aliphatic rings. The number of carbonyl (C=O) groups is 1. The molecule has 0 unspecified atom stereocenters. The number of nitrogens with one attached hydrogen (secondary N) is 2. The maximum absolute atomic E-state index is 14.8. The Hall–Kier alpha value is -2.78. The van der Waals surface area contributed by atoms with E-state index in [2.05, 4.69) is 25.5 Å². The Morgan fingerprint density at radius 2 is 2.22 bits per heavy atom. The molecule has 0 radical (unpaired) electrons. The van der Waals surface area contributed by atoms with Crippen LogP contribution in [0.5, 0.6) is 5.75 Å². The second-order valence-corrected chi connectivity index (χ2v) is 7.00. The van der Waals surface area contributed by atoms with Crippen LogP contribution in [-0.4, -0.2) is 32.7 Å². The number of hydrogen-bond donors (Lipinski definition) is 2. The van der Waals surface area contributed by atoms with E-state index >= 15 is 0 Å². The van der Waals surface area contributed by atoms with Crippen molar-refractivity contribution in [3.05, 3.63) is 29.2 Å². The molecule has 0 saturated heterocycles. The summed E-state index contributed by atoms with van der Waals surface area (Å²) in [5.41, 5.74) is 1.92. The van der Waals surface area contributed by atoms with E-state index in [1.807, 2.05) is 0 Å². The van der Waals surface area contributed by atoms with E-state index in [0.29, 0.717) is 37.6 Å². The van der Waals surface area contributed by atoms with Gasteiger partial charge in [0.05, 0.1) is 23.5 Å². The van der Waals surface area contributed by atoms with Gasteiger partial charge in [-0.25, -0.2) is 14.4 Å². The Balaban J connectivity index is 1.91. The zero-order valence-electron chi connectivity index (χ0n) is 14.3. The number of benzene rings is 1. The molecule has 138 valence electrons. The first kappa shape index (κ1) is 17.6. The number of thiazole rings is 1. The van der Waals surface area contributed by atoms with Crippen molar-refractivity contribution in [3.8, 4) is 17.0 Å². The zero-order valence-corrected chi connectivity index (χ0v) is 15.8. The fourth-order valence-electron chi connectivity index (χ4n) is 2.78. The molecule has 2 N–H and O–H groups in total. The molecule has 0 atom stereocenters. The summed E-state index contributed by atoms with van der Waals surface area (Å²) in [7, 11) is 0. The van der Waals surface area contributed by atoms with Crippen LogP contribution >= 0.6 is 22.9 Å². The van der Waals surface area contributed by atoms with Gasteiger partial charge in [-0.3, -0.25) is 9.89 Å². The summed E-state index contributed by atoms with van der Waals surface area (Å²) in [4.78, 5) is 20.7. The molecule has 1 amide bonds. The molecular formula is C17H13ClFN5O2S. The van der Waals surface area contributed by atoms with Crippen molar-refractivity contribution in [2.24, 2.45) is 0 Å². The van der Waals surface area contributed by atoms with Crippen molar-refractivity contribution in [1.82, 2.24) is 20.2 Å². The van der Waals surface area contributed by atoms with Crippen LogP contribution in [0.2, 0.25) is 5.02 Å². The predicted octanol–water partition coefficient (Wildman–Crippen LogP) is 4.38. The van der Waals surface area contributed by atoms with Gasteiger partial charge in [0.1, 0.15) is 15.9 Å². The number of anilines is 1. The topological polar surface area (TPSA) is 92.8 Å². The van der Waals surface area contributed by atoms with Crippen molar-refractivity contribution >= 4 is 55.2 Å². The van der Waals surface area contributed by atoms with Gasteiger partial charge in [0.15, 0.2) is 16.7 Å². The Kier molecular flexibility index (Phi) is 4.40. The van der Waals surface area contributed by atoms with Gasteiger partial charge in [-0.1, -0.05) is 22.9 Å². The fraction of sp³-hybridized carbons (Fsp3) is 0.176. The molecule has 7 nitrogen and oxygen atoms in total. The minimum absolute atomic E-state index is 0.0329. The van der Waals surface area contributed by atoms with Crippen LogP contribution in [0.3, 0.4) is 0 Å². The van der Waals surface area contributed by atoms with Crippen LogP contribution in [-0.2, 0) is 4.79 Å². The van der Waals surface area contributed by atoms with Gasteiger partial charge in [0, 0.05) is 17.9 Å². The molecule has 3 aromatic heterocycles. The number of nitrogens with zero attached hydrogens (tertiary/aromatic N) is 3. The fourth-order valence-corrected chi connectivity index (χ4v) is 3.95. The number of amides is 1. The first-order chi connectivity index (χ1) is 13.0. The highest BCUT2D eigenvalue weighted by Crippen LogP contribution is 2.42. The average molecular weight is 406 g/mol. The van der Waals surface area contributed by atoms with Crippen LogP contribution in [0.4, 0.5) is 9.52 Å². The van der Waals surface area contributed by atoms with Crippen LogP contribution in [0.15, 0.2) is 18.3 Å². The van der Waals surface area contributed by atoms with Crippen molar-refractivity contribution in [3.63, 3.8) is 0 Å². The minimum Gasteiger partial charge on any atom is -0.489 e. The number of halogens is 2. The van der Waals surface area contributed by atoms with E-state index in [9.17, 15) is 9.18 Å². The number of aromatic amines is 1. The van der Waals surface area contributed by atoms with Gasteiger partial charge in [-0.05, 0) is 19.1 Å². The molecule has 10 heteroatoms. The Bertz CT molecular complexity index is 1190. The number of H-pyrrole nitrogens is 1. The Morgan fingerprint density at radius 3 is 2.96 bits per heavy atom. The van der Waals surface area contributed by atoms with E-state index in [0.717, 1.165) is 0 Å². The van der Waals surface area contributed by atoms with Gasteiger partial charge < -0.3 is 10.1 Å². The second-order valence-electron chi connectivity index (χ2n) is 5.64. The minimum atomic E-state index is -0.671. The summed E-state index contributed by atoms with van der Waals surface area (Å²) in [6, 6.07) is 3.45. The summed E-state index contributed by atoms with van der Waals surface area (Å²) in [5.74, 6) is -0.855. The van der Waals surface area contributed by atoms with Gasteiger partial charge in [-0.15, -0.1) is 0 Å². The van der Waals surface area contributed by atoms with Crippen molar-refractivity contribution in [2.45, 2.75) is 13.8 Å². The largest absolute Gasteiger partial charge is 0.489 e. The maximum Gasteiger partial charge on any atom is 0.223 e. The molecular weight excluding hydrogens is 393 g/mol. The van der Waals surface area contributed by atoms with Crippen molar-refractivity contribution < 1.29 is 13.9 Å². The number of pyridine rings is 1. The Morgan fingerprint density at radius 1 is 1.41 bits per heavy atom. The van der Waals surface area contributed by atoms with Crippen molar-refractivity contribution in [1.29, 1.82) is 0 Å². The molecule has 4 aromatic rings. The highest BCUT2D eigenvalue weighted by atomic mass is 35.5. The van der Waals surface area contributed by atoms with Crippen LogP contribution in [0.25, 0.3) is 32.5 Å². The quantitative estimate of drug-likeness (QED) is 0.525. The van der Waals surface area contributed by atoms with Gasteiger partial charge in [0.25, 0.3) is 0 Å². The lowest BCUT2D eigenvalue weighted by atomic mass is 10.1.